The van der Waals surface area contributed by atoms with E-state index in [9.17, 15) is 5.11 Å². The molecule has 0 saturated carbocycles. The predicted molar refractivity (Wildman–Crippen MR) is 130 cm³/mol. The number of aliphatic hydroxyl groups excluding tert-OH is 1. The summed E-state index contributed by atoms with van der Waals surface area (Å²) in [4.78, 5) is 2.92. The van der Waals surface area contributed by atoms with Crippen LogP contribution in [0, 0.1) is 5.92 Å². The van der Waals surface area contributed by atoms with Gasteiger partial charge in [0.05, 0.1) is 25.4 Å². The molecule has 176 valence electrons. The van der Waals surface area contributed by atoms with Crippen molar-refractivity contribution in [1.29, 1.82) is 0 Å². The zero-order chi connectivity index (χ0) is 22.6. The number of hydrogen-bond acceptors (Lipinski definition) is 3. The van der Waals surface area contributed by atoms with E-state index in [-0.39, 0.29) is 18.6 Å². The molecule has 31 heavy (non-hydrogen) atoms. The summed E-state index contributed by atoms with van der Waals surface area (Å²) in [5.74, 6) is 0.231. The monoisotopic (exact) mass is 431 g/mol. The molecule has 3 atom stereocenters. The van der Waals surface area contributed by atoms with Crippen molar-refractivity contribution in [3.05, 3.63) is 46.3 Å². The molecule has 0 amide bonds. The van der Waals surface area contributed by atoms with Crippen molar-refractivity contribution < 1.29 is 9.84 Å². The van der Waals surface area contributed by atoms with E-state index in [0.29, 0.717) is 6.61 Å². The lowest BCUT2D eigenvalue weighted by atomic mass is 9.92. The van der Waals surface area contributed by atoms with E-state index in [0.717, 1.165) is 18.4 Å². The van der Waals surface area contributed by atoms with E-state index in [1.807, 2.05) is 30.3 Å². The molecule has 0 aliphatic carbocycles. The van der Waals surface area contributed by atoms with Crippen LogP contribution >= 0.6 is 0 Å². The highest BCUT2D eigenvalue weighted by atomic mass is 16.5. The Balaban J connectivity index is 2.25. The molecule has 0 aromatic heterocycles. The van der Waals surface area contributed by atoms with Gasteiger partial charge in [0, 0.05) is 4.91 Å². The Bertz CT molecular complexity index is 575. The number of aliphatic hydroxyl groups is 1. The highest BCUT2D eigenvalue weighted by Gasteiger charge is 2.26. The Kier molecular flexibility index (Phi) is 17.0. The van der Waals surface area contributed by atoms with Crippen LogP contribution in [0.2, 0.25) is 0 Å². The summed E-state index contributed by atoms with van der Waals surface area (Å²) in [6, 6.07) is 9.46. The van der Waals surface area contributed by atoms with Crippen LogP contribution in [-0.4, -0.2) is 23.9 Å². The van der Waals surface area contributed by atoms with E-state index < -0.39 is 6.04 Å². The highest BCUT2D eigenvalue weighted by molar-refractivity contribution is 5.13. The van der Waals surface area contributed by atoms with Crippen LogP contribution in [-0.2, 0) is 11.3 Å². The number of ether oxygens (including phenoxy) is 1. The van der Waals surface area contributed by atoms with E-state index >= 15 is 0 Å². The molecular weight excluding hydrogens is 386 g/mol. The topological polar surface area (TPSA) is 78.2 Å². The molecule has 0 saturated heterocycles. The Morgan fingerprint density at radius 1 is 0.903 bits per heavy atom. The summed E-state index contributed by atoms with van der Waals surface area (Å²) >= 11 is 0. The maximum Gasteiger partial charge on any atom is 0.0869 e. The lowest BCUT2D eigenvalue weighted by Crippen LogP contribution is -2.36. The van der Waals surface area contributed by atoms with Crippen molar-refractivity contribution in [2.45, 2.75) is 116 Å². The van der Waals surface area contributed by atoms with Crippen molar-refractivity contribution in [1.82, 2.24) is 0 Å². The van der Waals surface area contributed by atoms with Gasteiger partial charge in [-0.25, -0.2) is 0 Å². The molecule has 0 aliphatic heterocycles. The summed E-state index contributed by atoms with van der Waals surface area (Å²) in [7, 11) is 0. The van der Waals surface area contributed by atoms with E-state index in [2.05, 4.69) is 23.9 Å². The fraction of sp³-hybridized carbons (Fsp3) is 0.769. The van der Waals surface area contributed by atoms with Gasteiger partial charge < -0.3 is 9.84 Å². The average Bonchev–Trinajstić information content (AvgIpc) is 2.79. The van der Waals surface area contributed by atoms with E-state index in [1.165, 1.54) is 70.6 Å². The van der Waals surface area contributed by atoms with Gasteiger partial charge in [-0.1, -0.05) is 126 Å². The minimum atomic E-state index is -0.541. The summed E-state index contributed by atoms with van der Waals surface area (Å²) in [6.45, 7) is 4.69. The Morgan fingerprint density at radius 3 is 1.97 bits per heavy atom. The third kappa shape index (κ3) is 13.5. The van der Waals surface area contributed by atoms with Gasteiger partial charge in [-0.05, 0) is 23.4 Å². The molecule has 1 aromatic rings. The van der Waals surface area contributed by atoms with Gasteiger partial charge in [0.15, 0.2) is 0 Å². The Morgan fingerprint density at radius 2 is 1.45 bits per heavy atom. The first-order valence-electron chi connectivity index (χ1n) is 12.5. The largest absolute Gasteiger partial charge is 0.396 e. The minimum Gasteiger partial charge on any atom is -0.396 e. The lowest BCUT2D eigenvalue weighted by Gasteiger charge is -2.28. The molecule has 1 rings (SSSR count). The van der Waals surface area contributed by atoms with Crippen molar-refractivity contribution in [3.63, 3.8) is 0 Å². The molecule has 1 aromatic carbocycles. The predicted octanol–water partition coefficient (Wildman–Crippen LogP) is 7.97. The first-order valence-corrected chi connectivity index (χ1v) is 12.5. The minimum absolute atomic E-state index is 0.188. The van der Waals surface area contributed by atoms with Crippen LogP contribution in [0.25, 0.3) is 10.4 Å². The molecule has 1 N–H and O–H groups in total. The average molecular weight is 432 g/mol. The molecule has 0 heterocycles. The van der Waals surface area contributed by atoms with Crippen LogP contribution in [0.15, 0.2) is 35.4 Å². The van der Waals surface area contributed by atoms with Crippen LogP contribution in [0.3, 0.4) is 0 Å². The maximum absolute atomic E-state index is 9.70. The number of hydrogen-bond donors (Lipinski definition) is 1. The van der Waals surface area contributed by atoms with Gasteiger partial charge >= 0.3 is 0 Å². The summed E-state index contributed by atoms with van der Waals surface area (Å²) in [5, 5.41) is 13.5. The number of unbranched alkanes of at least 4 members (excludes halogenated alkanes) is 11. The Labute approximate surface area is 190 Å². The first-order chi connectivity index (χ1) is 15.2. The van der Waals surface area contributed by atoms with Crippen LogP contribution in [0.4, 0.5) is 0 Å². The van der Waals surface area contributed by atoms with Crippen LogP contribution < -0.4 is 0 Å². The van der Waals surface area contributed by atoms with Crippen LogP contribution in [0.1, 0.15) is 103 Å². The van der Waals surface area contributed by atoms with Crippen molar-refractivity contribution in [3.8, 4) is 0 Å². The molecule has 5 heteroatoms. The van der Waals surface area contributed by atoms with Crippen molar-refractivity contribution in [2.75, 3.05) is 6.61 Å². The lowest BCUT2D eigenvalue weighted by molar-refractivity contribution is -0.0240. The third-order valence-electron chi connectivity index (χ3n) is 6.13. The van der Waals surface area contributed by atoms with Gasteiger partial charge in [-0.3, -0.25) is 0 Å². The fourth-order valence-electron chi connectivity index (χ4n) is 4.17. The summed E-state index contributed by atoms with van der Waals surface area (Å²) in [5.41, 5.74) is 9.95. The van der Waals surface area contributed by atoms with Gasteiger partial charge in [0.1, 0.15) is 0 Å². The van der Waals surface area contributed by atoms with E-state index in [1.54, 1.807) is 0 Å². The van der Waals surface area contributed by atoms with Gasteiger partial charge in [-0.2, -0.15) is 0 Å². The molecule has 5 nitrogen and oxygen atoms in total. The second-order valence-corrected chi connectivity index (χ2v) is 8.87. The smallest absolute Gasteiger partial charge is 0.0869 e. The number of rotatable bonds is 20. The molecular formula is C26H45N3O2. The quantitative estimate of drug-likeness (QED) is 0.0983. The normalized spacial score (nSPS) is 14.0. The molecule has 0 spiro atoms. The number of benzene rings is 1. The summed E-state index contributed by atoms with van der Waals surface area (Å²) in [6.07, 6.45) is 16.8. The molecule has 0 unspecified atom stereocenters. The fourth-order valence-corrected chi connectivity index (χ4v) is 4.17. The van der Waals surface area contributed by atoms with Crippen molar-refractivity contribution in [2.24, 2.45) is 11.0 Å². The second kappa shape index (κ2) is 19.2. The van der Waals surface area contributed by atoms with Gasteiger partial charge in [0.2, 0.25) is 0 Å². The summed E-state index contributed by atoms with van der Waals surface area (Å²) < 4.78 is 6.13. The van der Waals surface area contributed by atoms with Gasteiger partial charge in [-0.15, -0.1) is 0 Å². The SMILES string of the molecule is CCCCCCCCCCCCCC[C@H](C)[C@@H](OCc1ccccc1)[C@H](CO)N=[N+]=[N-]. The molecule has 0 fully saturated rings. The van der Waals surface area contributed by atoms with E-state index in [4.69, 9.17) is 10.3 Å². The Hall–Kier alpha value is -1.55. The molecule has 0 radical (unpaired) electrons. The number of nitrogens with zero attached hydrogens (tertiary/aromatic N) is 3. The first kappa shape index (κ1) is 27.5. The van der Waals surface area contributed by atoms with Crippen LogP contribution in [0.5, 0.6) is 0 Å². The zero-order valence-electron chi connectivity index (χ0n) is 19.9. The number of azide groups is 1. The molecule has 0 bridgehead atoms. The van der Waals surface area contributed by atoms with Crippen molar-refractivity contribution >= 4 is 0 Å². The standard InChI is InChI=1S/C26H45N3O2/c1-3-4-5-6-7-8-9-10-11-12-13-15-18-23(2)26(25(21-30)28-29-27)31-22-24-19-16-14-17-20-24/h14,16-17,19-20,23,25-26,30H,3-13,15,18,21-22H2,1-2H3/t23-,25-,26+/m0/s1. The maximum atomic E-state index is 9.70. The molecule has 0 aliphatic rings. The third-order valence-corrected chi connectivity index (χ3v) is 6.13. The highest BCUT2D eigenvalue weighted by Crippen LogP contribution is 2.23. The zero-order valence-corrected chi connectivity index (χ0v) is 19.9. The second-order valence-electron chi connectivity index (χ2n) is 8.87. The van der Waals surface area contributed by atoms with Gasteiger partial charge in [0.25, 0.3) is 0 Å².